The Kier molecular flexibility index (Phi) is 14.2. The Morgan fingerprint density at radius 2 is 1.76 bits per heavy atom. The summed E-state index contributed by atoms with van der Waals surface area (Å²) in [6.45, 7) is 5.70. The summed E-state index contributed by atoms with van der Waals surface area (Å²) in [5.41, 5.74) is 5.30. The minimum Gasteiger partial charge on any atom is -0.390 e. The van der Waals surface area contributed by atoms with Crippen LogP contribution in [-0.4, -0.2) is 56.1 Å². The largest absolute Gasteiger partial charge is 0.497 e. The number of nitrogens with two attached hydrogens (primary N) is 1. The van der Waals surface area contributed by atoms with Gasteiger partial charge in [-0.1, -0.05) is 0 Å². The van der Waals surface area contributed by atoms with Crippen molar-refractivity contribution in [2.45, 2.75) is 25.6 Å². The molecule has 0 bridgehead atoms. The van der Waals surface area contributed by atoms with Gasteiger partial charge < -0.3 is 29.2 Å². The lowest BCUT2D eigenvalue weighted by molar-refractivity contribution is 0.150. The molecule has 4 N–H and O–H groups in total. The maximum Gasteiger partial charge on any atom is 0.497 e. The Morgan fingerprint density at radius 1 is 1.29 bits per heavy atom. The molecule has 0 aliphatic rings. The van der Waals surface area contributed by atoms with Crippen LogP contribution in [0.15, 0.2) is 0 Å². The van der Waals surface area contributed by atoms with E-state index >= 15 is 0 Å². The monoisotopic (exact) mass is 282 g/mol. The highest BCUT2D eigenvalue weighted by atomic mass is 28.4. The standard InChI is InChI=1S/C7H20N2O3Si.C2H6OSi/c1-11-13(10,12-2)7-3-5-9-6-4-8;1-4(2)3/h9-10H,3-8H2,1-2H3;1-2H3. The van der Waals surface area contributed by atoms with Crippen LogP contribution in [0.25, 0.3) is 0 Å². The van der Waals surface area contributed by atoms with Gasteiger partial charge in [-0.2, -0.15) is 0 Å². The molecule has 0 atom stereocenters. The summed E-state index contributed by atoms with van der Waals surface area (Å²) in [4.78, 5) is 9.63. The van der Waals surface area contributed by atoms with Gasteiger partial charge in [0.15, 0.2) is 0 Å². The molecule has 104 valence electrons. The molecule has 0 fully saturated rings. The van der Waals surface area contributed by atoms with E-state index in [1.165, 1.54) is 14.2 Å². The number of hydrogen-bond donors (Lipinski definition) is 3. The predicted molar refractivity (Wildman–Crippen MR) is 71.5 cm³/mol. The molecule has 6 nitrogen and oxygen atoms in total. The van der Waals surface area contributed by atoms with E-state index in [1.54, 1.807) is 13.1 Å². The summed E-state index contributed by atoms with van der Waals surface area (Å²) in [6, 6.07) is 0.581. The molecule has 0 aromatic carbocycles. The first-order valence-electron chi connectivity index (χ1n) is 5.62. The van der Waals surface area contributed by atoms with Crippen molar-refractivity contribution in [2.75, 3.05) is 33.9 Å². The lowest BCUT2D eigenvalue weighted by atomic mass is 10.5. The summed E-state index contributed by atoms with van der Waals surface area (Å²) in [7, 11) is -1.01. The molecule has 17 heavy (non-hydrogen) atoms. The summed E-state index contributed by atoms with van der Waals surface area (Å²) >= 11 is 0. The molecular formula is C9H26N2O4Si2. The van der Waals surface area contributed by atoms with Crippen molar-refractivity contribution >= 4 is 17.5 Å². The predicted octanol–water partition coefficient (Wildman–Crippen LogP) is -0.183. The Bertz CT molecular complexity index is 188. The fourth-order valence-corrected chi connectivity index (χ4v) is 2.15. The van der Waals surface area contributed by atoms with E-state index in [0.717, 1.165) is 19.5 Å². The maximum absolute atomic E-state index is 9.63. The molecule has 0 amide bonds. The van der Waals surface area contributed by atoms with Gasteiger partial charge >= 0.3 is 8.80 Å². The highest BCUT2D eigenvalue weighted by molar-refractivity contribution is 6.59. The first kappa shape index (κ1) is 19.4. The quantitative estimate of drug-likeness (QED) is 0.422. The second kappa shape index (κ2) is 12.5. The molecule has 8 heteroatoms. The second-order valence-corrected chi connectivity index (χ2v) is 8.23. The average Bonchev–Trinajstić information content (AvgIpc) is 2.28. The van der Waals surface area contributed by atoms with Crippen molar-refractivity contribution < 1.29 is 18.1 Å². The summed E-state index contributed by atoms with van der Waals surface area (Å²) in [6.07, 6.45) is 0.838. The van der Waals surface area contributed by atoms with E-state index in [9.17, 15) is 9.26 Å². The van der Waals surface area contributed by atoms with Crippen molar-refractivity contribution in [3.05, 3.63) is 0 Å². The van der Waals surface area contributed by atoms with Crippen LogP contribution in [0.5, 0.6) is 0 Å². The summed E-state index contributed by atoms with van der Waals surface area (Å²) in [5, 5.41) is 3.13. The Labute approximate surface area is 107 Å². The molecule has 0 aliphatic carbocycles. The topological polar surface area (TPSA) is 93.8 Å². The van der Waals surface area contributed by atoms with Crippen LogP contribution in [0.3, 0.4) is 0 Å². The normalized spacial score (nSPS) is 10.7. The molecule has 0 aromatic rings. The number of rotatable bonds is 8. The van der Waals surface area contributed by atoms with E-state index in [4.69, 9.17) is 14.6 Å². The Balaban J connectivity index is 0. The van der Waals surface area contributed by atoms with Gasteiger partial charge in [-0.05, 0) is 26.1 Å². The van der Waals surface area contributed by atoms with Crippen LogP contribution in [0.1, 0.15) is 6.42 Å². The molecule has 0 aliphatic heterocycles. The van der Waals surface area contributed by atoms with Crippen molar-refractivity contribution in [3.63, 3.8) is 0 Å². The SMILES string of the molecule is CO[Si](O)(CCCNCCN)OC.C[Si](C)=O. The van der Waals surface area contributed by atoms with Gasteiger partial charge in [-0.15, -0.1) is 0 Å². The second-order valence-electron chi connectivity index (χ2n) is 3.67. The minimum atomic E-state index is -2.83. The minimum absolute atomic E-state index is 0.581. The third-order valence-corrected chi connectivity index (χ3v) is 4.07. The Hall–Kier alpha value is 0.0338. The van der Waals surface area contributed by atoms with Gasteiger partial charge in [0, 0.05) is 33.4 Å². The van der Waals surface area contributed by atoms with Crippen LogP contribution in [0, 0.1) is 0 Å². The zero-order valence-corrected chi connectivity index (χ0v) is 13.3. The van der Waals surface area contributed by atoms with Gasteiger partial charge in [0.1, 0.15) is 0 Å². The van der Waals surface area contributed by atoms with Crippen molar-refractivity contribution in [3.8, 4) is 0 Å². The van der Waals surface area contributed by atoms with E-state index in [-0.39, 0.29) is 0 Å². The van der Waals surface area contributed by atoms with Crippen LogP contribution in [-0.2, 0) is 13.3 Å². The maximum atomic E-state index is 9.63. The van der Waals surface area contributed by atoms with Gasteiger partial charge in [-0.3, -0.25) is 0 Å². The fourth-order valence-electron chi connectivity index (χ4n) is 0.951. The lowest BCUT2D eigenvalue weighted by Crippen LogP contribution is -2.40. The average molecular weight is 282 g/mol. The van der Waals surface area contributed by atoms with Gasteiger partial charge in [0.05, 0.1) is 0 Å². The molecule has 0 aromatic heterocycles. The molecule has 0 spiro atoms. The van der Waals surface area contributed by atoms with E-state index in [0.29, 0.717) is 12.6 Å². The zero-order valence-electron chi connectivity index (χ0n) is 11.3. The Morgan fingerprint density at radius 3 is 2.12 bits per heavy atom. The third kappa shape index (κ3) is 16.0. The third-order valence-electron chi connectivity index (χ3n) is 1.81. The van der Waals surface area contributed by atoms with Crippen molar-refractivity contribution in [2.24, 2.45) is 5.73 Å². The molecule has 0 saturated heterocycles. The molecule has 0 heterocycles. The highest BCUT2D eigenvalue weighted by Gasteiger charge is 2.33. The smallest absolute Gasteiger partial charge is 0.390 e. The molecule has 0 radical (unpaired) electrons. The lowest BCUT2D eigenvalue weighted by Gasteiger charge is -2.19. The summed E-state index contributed by atoms with van der Waals surface area (Å²) < 4.78 is 19.5. The first-order chi connectivity index (χ1) is 7.91. The van der Waals surface area contributed by atoms with E-state index in [1.807, 2.05) is 0 Å². The highest BCUT2D eigenvalue weighted by Crippen LogP contribution is 2.09. The van der Waals surface area contributed by atoms with Crippen molar-refractivity contribution in [1.29, 1.82) is 0 Å². The van der Waals surface area contributed by atoms with E-state index < -0.39 is 17.5 Å². The first-order valence-corrected chi connectivity index (χ1v) is 10.0. The molecular weight excluding hydrogens is 256 g/mol. The zero-order chi connectivity index (χ0) is 13.7. The van der Waals surface area contributed by atoms with Crippen molar-refractivity contribution in [1.82, 2.24) is 5.32 Å². The van der Waals surface area contributed by atoms with E-state index in [2.05, 4.69) is 5.32 Å². The van der Waals surface area contributed by atoms with Crippen LogP contribution in [0.4, 0.5) is 0 Å². The van der Waals surface area contributed by atoms with Gasteiger partial charge in [0.25, 0.3) is 8.68 Å². The molecule has 0 rings (SSSR count). The summed E-state index contributed by atoms with van der Waals surface area (Å²) in [5.74, 6) is 0. The fraction of sp³-hybridized carbons (Fsp3) is 1.00. The number of nitrogens with one attached hydrogen (secondary N) is 1. The molecule has 0 unspecified atom stereocenters. The van der Waals surface area contributed by atoms with Gasteiger partial charge in [0.2, 0.25) is 0 Å². The van der Waals surface area contributed by atoms with Crippen LogP contribution >= 0.6 is 0 Å². The van der Waals surface area contributed by atoms with Crippen LogP contribution in [0.2, 0.25) is 19.1 Å². The number of hydrogen-bond acceptors (Lipinski definition) is 6. The van der Waals surface area contributed by atoms with Gasteiger partial charge in [-0.25, -0.2) is 0 Å². The molecule has 0 saturated carbocycles. The van der Waals surface area contributed by atoms with Crippen LogP contribution < -0.4 is 11.1 Å².